The Balaban J connectivity index is 1.21. The van der Waals surface area contributed by atoms with Crippen molar-refractivity contribution in [3.63, 3.8) is 0 Å². The van der Waals surface area contributed by atoms with Gasteiger partial charge >= 0.3 is 0 Å². The van der Waals surface area contributed by atoms with Crippen LogP contribution in [0.5, 0.6) is 0 Å². The number of hydrogen-bond donors (Lipinski definition) is 2. The number of carbonyl (C=O) groups is 2. The maximum absolute atomic E-state index is 13.3. The Morgan fingerprint density at radius 3 is 1.02 bits per heavy atom. The van der Waals surface area contributed by atoms with E-state index in [0.717, 1.165) is 72.4 Å². The molecular formula is C38H46N4O2. The number of amides is 2. The molecule has 0 atom stereocenters. The van der Waals surface area contributed by atoms with Crippen LogP contribution >= 0.6 is 0 Å². The van der Waals surface area contributed by atoms with Gasteiger partial charge in [0.1, 0.15) is 0 Å². The number of rotatable bonds is 15. The van der Waals surface area contributed by atoms with Crippen LogP contribution in [0.2, 0.25) is 0 Å². The summed E-state index contributed by atoms with van der Waals surface area (Å²) in [5.74, 6) is 0.106. The molecule has 2 N–H and O–H groups in total. The molecular weight excluding hydrogens is 544 g/mol. The highest BCUT2D eigenvalue weighted by molar-refractivity contribution is 5.96. The summed E-state index contributed by atoms with van der Waals surface area (Å²) in [4.78, 5) is 26.5. The number of carbonyl (C=O) groups excluding carboxylic acids is 2. The molecule has 230 valence electrons. The van der Waals surface area contributed by atoms with Crippen molar-refractivity contribution in [3.05, 3.63) is 119 Å². The molecule has 4 rings (SSSR count). The first kappa shape index (κ1) is 32.3. The van der Waals surface area contributed by atoms with E-state index in [1.807, 2.05) is 111 Å². The van der Waals surface area contributed by atoms with Gasteiger partial charge in [-0.15, -0.1) is 0 Å². The maximum Gasteiger partial charge on any atom is 0.245 e. The lowest BCUT2D eigenvalue weighted by Crippen LogP contribution is -2.36. The molecule has 4 aromatic rings. The zero-order valence-electron chi connectivity index (χ0n) is 26.6. The van der Waals surface area contributed by atoms with E-state index in [2.05, 4.69) is 24.7 Å². The van der Waals surface area contributed by atoms with Crippen molar-refractivity contribution < 1.29 is 9.59 Å². The Kier molecular flexibility index (Phi) is 12.0. The van der Waals surface area contributed by atoms with Crippen LogP contribution < -0.4 is 20.9 Å². The van der Waals surface area contributed by atoms with Crippen molar-refractivity contribution in [2.75, 3.05) is 20.9 Å². The number of anilines is 4. The maximum atomic E-state index is 13.3. The molecule has 0 saturated heterocycles. The molecule has 0 bridgehead atoms. The van der Waals surface area contributed by atoms with E-state index in [0.29, 0.717) is 12.8 Å². The molecule has 0 fully saturated rings. The molecule has 0 aliphatic rings. The average molecular weight is 591 g/mol. The Morgan fingerprint density at radius 2 is 0.705 bits per heavy atom. The van der Waals surface area contributed by atoms with Gasteiger partial charge in [-0.1, -0.05) is 96.5 Å². The van der Waals surface area contributed by atoms with Crippen molar-refractivity contribution in [1.29, 1.82) is 0 Å². The van der Waals surface area contributed by atoms with E-state index in [1.165, 1.54) is 11.1 Å². The predicted octanol–water partition coefficient (Wildman–Crippen LogP) is 9.46. The zero-order valence-corrected chi connectivity index (χ0v) is 26.6. The second-order valence-electron chi connectivity index (χ2n) is 11.7. The lowest BCUT2D eigenvalue weighted by molar-refractivity contribution is -0.119. The SMILES string of the molecule is Cc1ccc(NN(C(=O)CCCCCCCCC(=O)N(Nc2ccc(C)cc2)c2ccc(C)cc2)c2ccc(C)cc2)cc1. The van der Waals surface area contributed by atoms with Gasteiger partial charge in [0, 0.05) is 12.8 Å². The molecule has 2 amide bonds. The normalized spacial score (nSPS) is 10.7. The minimum Gasteiger partial charge on any atom is -0.291 e. The molecule has 0 aliphatic heterocycles. The van der Waals surface area contributed by atoms with Gasteiger partial charge in [-0.2, -0.15) is 0 Å². The monoisotopic (exact) mass is 590 g/mol. The molecule has 44 heavy (non-hydrogen) atoms. The number of hydrogen-bond acceptors (Lipinski definition) is 4. The van der Waals surface area contributed by atoms with Crippen LogP contribution in [0.3, 0.4) is 0 Å². The molecule has 0 radical (unpaired) electrons. The van der Waals surface area contributed by atoms with E-state index in [9.17, 15) is 9.59 Å². The first-order valence-electron chi connectivity index (χ1n) is 15.7. The van der Waals surface area contributed by atoms with E-state index in [-0.39, 0.29) is 11.8 Å². The lowest BCUT2D eigenvalue weighted by atomic mass is 10.1. The summed E-state index contributed by atoms with van der Waals surface area (Å²) in [5, 5.41) is 3.33. The molecule has 6 nitrogen and oxygen atoms in total. The Morgan fingerprint density at radius 1 is 0.432 bits per heavy atom. The van der Waals surface area contributed by atoms with Crippen molar-refractivity contribution >= 4 is 34.6 Å². The van der Waals surface area contributed by atoms with Crippen LogP contribution in [0.1, 0.15) is 73.6 Å². The van der Waals surface area contributed by atoms with E-state index in [4.69, 9.17) is 0 Å². The third-order valence-electron chi connectivity index (χ3n) is 7.70. The molecule has 0 saturated carbocycles. The topological polar surface area (TPSA) is 64.7 Å². The summed E-state index contributed by atoms with van der Waals surface area (Å²) in [6.07, 6.45) is 6.66. The molecule has 6 heteroatoms. The fourth-order valence-electron chi connectivity index (χ4n) is 4.93. The minimum absolute atomic E-state index is 0.0531. The number of unbranched alkanes of at least 4 members (excludes halogenated alkanes) is 5. The van der Waals surface area contributed by atoms with E-state index >= 15 is 0 Å². The van der Waals surface area contributed by atoms with Crippen LogP contribution in [0, 0.1) is 27.7 Å². The fraction of sp³-hybridized carbons (Fsp3) is 0.316. The number of aryl methyl sites for hydroxylation is 4. The number of hydrazine groups is 2. The smallest absolute Gasteiger partial charge is 0.245 e. The number of benzene rings is 4. The van der Waals surface area contributed by atoms with E-state index < -0.39 is 0 Å². The minimum atomic E-state index is 0.0531. The third kappa shape index (κ3) is 10.0. The van der Waals surface area contributed by atoms with Gasteiger partial charge in [-0.05, 0) is 89.1 Å². The number of nitrogens with zero attached hydrogens (tertiary/aromatic N) is 2. The Hall–Kier alpha value is -4.58. The summed E-state index contributed by atoms with van der Waals surface area (Å²) in [7, 11) is 0. The van der Waals surface area contributed by atoms with Crippen LogP contribution in [-0.4, -0.2) is 11.8 Å². The zero-order chi connectivity index (χ0) is 31.3. The first-order valence-corrected chi connectivity index (χ1v) is 15.7. The van der Waals surface area contributed by atoms with Crippen LogP contribution in [0.4, 0.5) is 22.7 Å². The summed E-state index contributed by atoms with van der Waals surface area (Å²) in [6.45, 7) is 8.19. The molecule has 0 unspecified atom stereocenters. The third-order valence-corrected chi connectivity index (χ3v) is 7.70. The van der Waals surface area contributed by atoms with Crippen molar-refractivity contribution in [1.82, 2.24) is 0 Å². The quantitative estimate of drug-likeness (QED) is 0.107. The summed E-state index contributed by atoms with van der Waals surface area (Å²) in [6, 6.07) is 32.1. The highest BCUT2D eigenvalue weighted by Crippen LogP contribution is 2.22. The van der Waals surface area contributed by atoms with Crippen molar-refractivity contribution in [2.45, 2.75) is 79.1 Å². The highest BCUT2D eigenvalue weighted by Gasteiger charge is 2.17. The van der Waals surface area contributed by atoms with E-state index in [1.54, 1.807) is 10.0 Å². The van der Waals surface area contributed by atoms with Gasteiger partial charge in [-0.3, -0.25) is 20.4 Å². The van der Waals surface area contributed by atoms with Gasteiger partial charge in [0.2, 0.25) is 11.8 Å². The van der Waals surface area contributed by atoms with Gasteiger partial charge in [-0.25, -0.2) is 10.0 Å². The second-order valence-corrected chi connectivity index (χ2v) is 11.7. The summed E-state index contributed by atoms with van der Waals surface area (Å²) >= 11 is 0. The molecule has 0 heterocycles. The van der Waals surface area contributed by atoms with Gasteiger partial charge in [0.05, 0.1) is 22.7 Å². The van der Waals surface area contributed by atoms with Gasteiger partial charge in [0.25, 0.3) is 0 Å². The van der Waals surface area contributed by atoms with Crippen molar-refractivity contribution in [2.24, 2.45) is 0 Å². The summed E-state index contributed by atoms with van der Waals surface area (Å²) in [5.41, 5.74) is 14.7. The fourth-order valence-corrected chi connectivity index (χ4v) is 4.93. The summed E-state index contributed by atoms with van der Waals surface area (Å²) < 4.78 is 0. The molecule has 0 aliphatic carbocycles. The predicted molar refractivity (Wildman–Crippen MR) is 184 cm³/mol. The Labute approximate surface area is 263 Å². The molecule has 0 spiro atoms. The van der Waals surface area contributed by atoms with Crippen LogP contribution in [0.15, 0.2) is 97.1 Å². The largest absolute Gasteiger partial charge is 0.291 e. The first-order chi connectivity index (χ1) is 21.3. The Bertz CT molecular complexity index is 1350. The van der Waals surface area contributed by atoms with Crippen molar-refractivity contribution in [3.8, 4) is 0 Å². The lowest BCUT2D eigenvalue weighted by Gasteiger charge is -2.25. The standard InChI is InChI=1S/C38H46N4O2/c1-29-13-21-33(22-14-29)39-41(35-25-17-31(3)18-26-35)37(43)11-9-7-5-6-8-10-12-38(44)42(36-27-19-32(4)20-28-36)40-34-23-15-30(2)16-24-34/h13-28,39-40H,5-12H2,1-4H3. The van der Waals surface area contributed by atoms with Gasteiger partial charge < -0.3 is 0 Å². The van der Waals surface area contributed by atoms with Gasteiger partial charge in [0.15, 0.2) is 0 Å². The van der Waals surface area contributed by atoms with Crippen LogP contribution in [-0.2, 0) is 9.59 Å². The number of nitrogens with one attached hydrogen (secondary N) is 2. The average Bonchev–Trinajstić information content (AvgIpc) is 3.02. The highest BCUT2D eigenvalue weighted by atomic mass is 16.2. The molecule has 4 aromatic carbocycles. The molecule has 0 aromatic heterocycles. The van der Waals surface area contributed by atoms with Crippen LogP contribution in [0.25, 0.3) is 0 Å². The second kappa shape index (κ2) is 16.3.